The first kappa shape index (κ1) is 81.4. The molecule has 3 aliphatic carbocycles. The number of hydrogen-bond donors (Lipinski definition) is 3. The zero-order chi connectivity index (χ0) is 75.8. The van der Waals surface area contributed by atoms with E-state index >= 15 is 37.5 Å². The molecule has 0 aromatic heterocycles. The maximum atomic E-state index is 15.4. The van der Waals surface area contributed by atoms with Crippen LogP contribution in [-0.4, -0.2) is 257 Å². The first-order valence-electron chi connectivity index (χ1n) is 35.6. The molecule has 1 aromatic carbocycles. The second-order valence-electron chi connectivity index (χ2n) is 29.5. The molecule has 1 spiro atoms. The zero-order valence-corrected chi connectivity index (χ0v) is 60.8. The molecule has 568 valence electrons. The quantitative estimate of drug-likeness (QED) is 0.199. The Hall–Kier alpha value is -7.89. The standard InChI is InChI=1S/C71H103F7N12O12/c1-13-42(4)58-66(100)84(8)40-56(93)86(10)50-23-16-15-19-32-89(65(50)99)53(36-43-26-30-70(74,75)31-27-43)64(98)83(7)39-54(91)79-48(25-24-44-34-46(72)57(47(73)35-44)71(76,77)78)62(96)90-38-41(3)33-51(90)61(95)81-69(28-20-29-69)68(102)88(12)59(45-21-17-18-22-45)67(101)87(11)52(63(97)82(5)6)37-55(92)85(9)49(14-2)60(94)80-58/h15-16,34-35,41-43,45,48-53,58-59H,13-14,17-33,36-40H2,1-12H3,(H,79,91)(H,80,94)(H,81,95)/b16-15-/t41-,42-,48-,49-,50-,51-,52-,53-,58-,59-/m0/s1. The summed E-state index contributed by atoms with van der Waals surface area (Å²) in [6.07, 6.45) is -1.65. The number of alkyl halides is 5. The van der Waals surface area contributed by atoms with Gasteiger partial charge in [0.25, 0.3) is 0 Å². The molecular weight excluding hydrogens is 1350 g/mol. The van der Waals surface area contributed by atoms with Gasteiger partial charge in [0.2, 0.25) is 76.8 Å². The van der Waals surface area contributed by atoms with Crippen LogP contribution >= 0.6 is 0 Å². The van der Waals surface area contributed by atoms with Crippen LogP contribution in [0.3, 0.4) is 0 Å². The van der Waals surface area contributed by atoms with Crippen LogP contribution in [0.5, 0.6) is 0 Å². The van der Waals surface area contributed by atoms with Gasteiger partial charge in [0, 0.05) is 82.3 Å². The summed E-state index contributed by atoms with van der Waals surface area (Å²) in [6, 6.07) is -10.2. The molecule has 0 unspecified atom stereocenters. The molecule has 102 heavy (non-hydrogen) atoms. The molecule has 10 atom stereocenters. The minimum Gasteiger partial charge on any atom is -0.347 e. The van der Waals surface area contributed by atoms with Gasteiger partial charge in [-0.1, -0.05) is 59.1 Å². The van der Waals surface area contributed by atoms with Crippen LogP contribution in [-0.2, 0) is 70.1 Å². The Balaban J connectivity index is 1.31. The lowest BCUT2D eigenvalue weighted by Gasteiger charge is -2.46. The van der Waals surface area contributed by atoms with Crippen LogP contribution in [0.15, 0.2) is 24.3 Å². The predicted molar refractivity (Wildman–Crippen MR) is 359 cm³/mol. The Morgan fingerprint density at radius 2 is 1.30 bits per heavy atom. The van der Waals surface area contributed by atoms with E-state index in [9.17, 15) is 50.7 Å². The monoisotopic (exact) mass is 1450 g/mol. The van der Waals surface area contributed by atoms with Crippen LogP contribution in [0.2, 0.25) is 0 Å². The van der Waals surface area contributed by atoms with Gasteiger partial charge in [0.15, 0.2) is 0 Å². The third-order valence-corrected chi connectivity index (χ3v) is 21.9. The molecule has 3 aliphatic heterocycles. The van der Waals surface area contributed by atoms with E-state index < -0.39 is 223 Å². The SMILES string of the molecule is CC[C@H](C)[C@@H]1NC(=O)[C@H](CC)N(C)C(=O)C[C@@H](C(=O)N(C)C)N(C)C(=O)[C@H](C2CCCC2)N(C)C(=O)C2(CCC2)NC(=O)[C@@H]2C[C@H](C)CN2C(=O)[C@H](CCc2cc(F)c(C(F)(F)F)c(F)c2)NC(=O)CN(C)C(=O)[C@H](CC2CCC(F)(F)CC2)N2CC/C=C\C[C@@H](C2=O)N(C)C(=O)CN(C)C1=O. The molecule has 3 saturated carbocycles. The number of rotatable bonds is 10. The van der Waals surface area contributed by atoms with Crippen molar-refractivity contribution in [1.82, 2.24) is 60.0 Å². The minimum absolute atomic E-state index is 0.00290. The number of amides is 12. The molecule has 7 rings (SSSR count). The van der Waals surface area contributed by atoms with Crippen LogP contribution in [0.4, 0.5) is 30.7 Å². The fourth-order valence-corrected chi connectivity index (χ4v) is 15.3. The van der Waals surface area contributed by atoms with E-state index in [0.29, 0.717) is 50.7 Å². The molecule has 5 fully saturated rings. The highest BCUT2D eigenvalue weighted by Gasteiger charge is 2.54. The normalized spacial score (nSPS) is 28.3. The van der Waals surface area contributed by atoms with E-state index in [0.717, 1.165) is 29.4 Å². The second-order valence-corrected chi connectivity index (χ2v) is 29.5. The molecule has 3 N–H and O–H groups in total. The number of aryl methyl sites for hydroxylation is 1. The average Bonchev–Trinajstić information content (AvgIpc) is 1.58. The number of carbonyl (C=O) groups is 12. The maximum absolute atomic E-state index is 15.4. The van der Waals surface area contributed by atoms with Gasteiger partial charge in [-0.25, -0.2) is 17.6 Å². The van der Waals surface area contributed by atoms with E-state index in [2.05, 4.69) is 16.0 Å². The van der Waals surface area contributed by atoms with E-state index in [1.54, 1.807) is 39.8 Å². The second kappa shape index (κ2) is 34.1. The Morgan fingerprint density at radius 1 is 0.686 bits per heavy atom. The van der Waals surface area contributed by atoms with Crippen molar-refractivity contribution in [2.75, 3.05) is 82.6 Å². The maximum Gasteiger partial charge on any atom is 0.422 e. The van der Waals surface area contributed by atoms with Gasteiger partial charge < -0.3 is 60.0 Å². The number of hydrogen-bond acceptors (Lipinski definition) is 12. The van der Waals surface area contributed by atoms with Gasteiger partial charge in [-0.3, -0.25) is 57.5 Å². The van der Waals surface area contributed by atoms with Crippen molar-refractivity contribution in [3.63, 3.8) is 0 Å². The van der Waals surface area contributed by atoms with Crippen LogP contribution < -0.4 is 16.0 Å². The van der Waals surface area contributed by atoms with Crippen molar-refractivity contribution in [3.05, 3.63) is 47.0 Å². The summed E-state index contributed by atoms with van der Waals surface area (Å²) >= 11 is 0. The van der Waals surface area contributed by atoms with Crippen LogP contribution in [0, 0.1) is 35.3 Å². The van der Waals surface area contributed by atoms with Gasteiger partial charge in [0.1, 0.15) is 71.1 Å². The molecule has 2 bridgehead atoms. The molecule has 0 radical (unpaired) electrons. The summed E-state index contributed by atoms with van der Waals surface area (Å²) < 4.78 is 101. The van der Waals surface area contributed by atoms with Crippen molar-refractivity contribution in [2.45, 2.75) is 222 Å². The summed E-state index contributed by atoms with van der Waals surface area (Å²) in [7, 11) is 10.9. The first-order chi connectivity index (χ1) is 47.8. The van der Waals surface area contributed by atoms with Crippen molar-refractivity contribution in [1.29, 1.82) is 0 Å². The smallest absolute Gasteiger partial charge is 0.347 e. The highest BCUT2D eigenvalue weighted by atomic mass is 19.4. The van der Waals surface area contributed by atoms with Crippen molar-refractivity contribution < 1.29 is 88.3 Å². The summed E-state index contributed by atoms with van der Waals surface area (Å²) in [6.45, 7) is 5.09. The minimum atomic E-state index is -5.42. The van der Waals surface area contributed by atoms with Gasteiger partial charge in [-0.05, 0) is 131 Å². The topological polar surface area (TPSA) is 270 Å². The number of carbonyl (C=O) groups excluding carboxylic acids is 12. The molecular formula is C71H103F7N12O12. The third-order valence-electron chi connectivity index (χ3n) is 21.9. The lowest BCUT2D eigenvalue weighted by Crippen LogP contribution is -2.68. The fraction of sp³-hybridized carbons (Fsp3) is 0.718. The highest BCUT2D eigenvalue weighted by Crippen LogP contribution is 2.41. The number of fused-ring (bicyclic) bond motifs is 3. The van der Waals surface area contributed by atoms with Gasteiger partial charge in [0.05, 0.1) is 19.5 Å². The Bertz CT molecular complexity index is 3300. The fourth-order valence-electron chi connectivity index (χ4n) is 15.3. The van der Waals surface area contributed by atoms with E-state index in [1.165, 1.54) is 71.1 Å². The van der Waals surface area contributed by atoms with Crippen molar-refractivity contribution in [3.8, 4) is 0 Å². The van der Waals surface area contributed by atoms with Crippen molar-refractivity contribution in [2.24, 2.45) is 23.7 Å². The molecule has 24 nitrogen and oxygen atoms in total. The Labute approximate surface area is 592 Å². The summed E-state index contributed by atoms with van der Waals surface area (Å²) in [5.74, 6) is -18.2. The van der Waals surface area contributed by atoms with E-state index in [1.807, 2.05) is 0 Å². The Kier molecular flexibility index (Phi) is 27.3. The van der Waals surface area contributed by atoms with Gasteiger partial charge >= 0.3 is 6.18 Å². The third kappa shape index (κ3) is 18.9. The molecule has 3 heterocycles. The van der Waals surface area contributed by atoms with Gasteiger partial charge in [-0.2, -0.15) is 13.2 Å². The number of nitrogens with zero attached hydrogens (tertiary/aromatic N) is 9. The van der Waals surface area contributed by atoms with Crippen LogP contribution in [0.1, 0.15) is 161 Å². The number of nitrogens with one attached hydrogen (secondary N) is 3. The number of benzene rings is 1. The van der Waals surface area contributed by atoms with Crippen LogP contribution in [0.25, 0.3) is 0 Å². The molecule has 1 aromatic rings. The lowest BCUT2D eigenvalue weighted by molar-refractivity contribution is -0.157. The summed E-state index contributed by atoms with van der Waals surface area (Å²) in [5.41, 5.74) is -4.16. The largest absolute Gasteiger partial charge is 0.422 e. The average molecular weight is 1450 g/mol. The highest BCUT2D eigenvalue weighted by molar-refractivity contribution is 6.01. The molecule has 12 amide bonds. The lowest BCUT2D eigenvalue weighted by atomic mass is 9.74. The first-order valence-corrected chi connectivity index (χ1v) is 35.6. The number of halogens is 7. The Morgan fingerprint density at radius 3 is 1.87 bits per heavy atom. The predicted octanol–water partition coefficient (Wildman–Crippen LogP) is 5.29. The zero-order valence-electron chi connectivity index (χ0n) is 60.8. The summed E-state index contributed by atoms with van der Waals surface area (Å²) in [5, 5.41) is 8.30. The number of likely N-dealkylation sites (N-methyl/N-ethyl adjacent to an activating group) is 7. The molecule has 6 aliphatic rings. The van der Waals surface area contributed by atoms with E-state index in [4.69, 9.17) is 0 Å². The van der Waals surface area contributed by atoms with Gasteiger partial charge in [-0.15, -0.1) is 0 Å². The van der Waals surface area contributed by atoms with Crippen molar-refractivity contribution >= 4 is 70.9 Å². The summed E-state index contributed by atoms with van der Waals surface area (Å²) in [4.78, 5) is 189. The van der Waals surface area contributed by atoms with E-state index in [-0.39, 0.29) is 76.4 Å². The molecule has 31 heteroatoms. The molecule has 2 saturated heterocycles.